The molecule has 122 valence electrons. The number of amides is 1. The third-order valence-electron chi connectivity index (χ3n) is 3.34. The molecular formula is C18H20FNO2S. The van der Waals surface area contributed by atoms with E-state index in [-0.39, 0.29) is 11.7 Å². The fourth-order valence-electron chi connectivity index (χ4n) is 1.99. The summed E-state index contributed by atoms with van der Waals surface area (Å²) in [7, 11) is 1.62. The van der Waals surface area contributed by atoms with Crippen molar-refractivity contribution in [2.24, 2.45) is 0 Å². The first kappa shape index (κ1) is 17.3. The van der Waals surface area contributed by atoms with E-state index in [1.807, 2.05) is 30.3 Å². The fourth-order valence-corrected chi connectivity index (χ4v) is 2.92. The number of methoxy groups -OCH3 is 1. The average Bonchev–Trinajstić information content (AvgIpc) is 2.59. The highest BCUT2D eigenvalue weighted by Crippen LogP contribution is 2.16. The molecule has 3 nitrogen and oxygen atoms in total. The molecule has 0 spiro atoms. The Morgan fingerprint density at radius 3 is 2.61 bits per heavy atom. The van der Waals surface area contributed by atoms with E-state index in [0.717, 1.165) is 11.3 Å². The number of nitrogens with one attached hydrogen (secondary N) is 1. The van der Waals surface area contributed by atoms with E-state index in [9.17, 15) is 9.18 Å². The molecule has 0 aliphatic carbocycles. The third-order valence-corrected chi connectivity index (χ3v) is 4.35. The van der Waals surface area contributed by atoms with Crippen LogP contribution in [0.4, 0.5) is 4.39 Å². The van der Waals surface area contributed by atoms with Crippen LogP contribution in [0.2, 0.25) is 0 Å². The molecule has 0 unspecified atom stereocenters. The zero-order valence-corrected chi connectivity index (χ0v) is 13.9. The summed E-state index contributed by atoms with van der Waals surface area (Å²) in [6.07, 6.45) is 0.426. The number of carbonyl (C=O) groups is 1. The van der Waals surface area contributed by atoms with Gasteiger partial charge in [0.2, 0.25) is 5.91 Å². The summed E-state index contributed by atoms with van der Waals surface area (Å²) in [5, 5.41) is 2.88. The summed E-state index contributed by atoms with van der Waals surface area (Å²) in [5.41, 5.74) is 1.70. The lowest BCUT2D eigenvalue weighted by atomic mass is 10.2. The van der Waals surface area contributed by atoms with Gasteiger partial charge in [-0.3, -0.25) is 4.79 Å². The van der Waals surface area contributed by atoms with Crippen molar-refractivity contribution in [1.82, 2.24) is 5.32 Å². The van der Waals surface area contributed by atoms with Crippen molar-refractivity contribution in [2.45, 2.75) is 18.7 Å². The first-order valence-electron chi connectivity index (χ1n) is 7.40. The van der Waals surface area contributed by atoms with Crippen molar-refractivity contribution in [3.05, 3.63) is 65.5 Å². The number of halogens is 1. The Labute approximate surface area is 140 Å². The summed E-state index contributed by atoms with van der Waals surface area (Å²) in [6, 6.07) is 14.3. The van der Waals surface area contributed by atoms with E-state index < -0.39 is 0 Å². The second-order valence-corrected chi connectivity index (χ2v) is 6.12. The maximum Gasteiger partial charge on any atom is 0.221 e. The van der Waals surface area contributed by atoms with E-state index in [2.05, 4.69) is 5.32 Å². The molecule has 2 aromatic carbocycles. The zero-order chi connectivity index (χ0) is 16.5. The Morgan fingerprint density at radius 2 is 1.91 bits per heavy atom. The largest absolute Gasteiger partial charge is 0.497 e. The summed E-state index contributed by atoms with van der Waals surface area (Å²) in [6.45, 7) is 0.501. The van der Waals surface area contributed by atoms with E-state index in [1.54, 1.807) is 31.0 Å². The Kier molecular flexibility index (Phi) is 6.94. The molecule has 1 N–H and O–H groups in total. The molecular weight excluding hydrogens is 313 g/mol. The van der Waals surface area contributed by atoms with Crippen LogP contribution >= 0.6 is 11.8 Å². The van der Waals surface area contributed by atoms with Crippen LogP contribution in [0, 0.1) is 5.82 Å². The minimum absolute atomic E-state index is 0.00171. The highest BCUT2D eigenvalue weighted by atomic mass is 32.2. The second-order valence-electron chi connectivity index (χ2n) is 5.02. The zero-order valence-electron chi connectivity index (χ0n) is 13.0. The number of carbonyl (C=O) groups excluding carboxylic acids is 1. The topological polar surface area (TPSA) is 38.3 Å². The van der Waals surface area contributed by atoms with Gasteiger partial charge >= 0.3 is 0 Å². The highest BCUT2D eigenvalue weighted by Gasteiger charge is 2.04. The summed E-state index contributed by atoms with van der Waals surface area (Å²) in [4.78, 5) is 11.8. The quantitative estimate of drug-likeness (QED) is 0.747. The van der Waals surface area contributed by atoms with Crippen LogP contribution in [0.25, 0.3) is 0 Å². The monoisotopic (exact) mass is 333 g/mol. The van der Waals surface area contributed by atoms with Crippen molar-refractivity contribution in [2.75, 3.05) is 12.9 Å². The minimum atomic E-state index is -0.191. The number of benzene rings is 2. The van der Waals surface area contributed by atoms with E-state index in [4.69, 9.17) is 4.74 Å². The lowest BCUT2D eigenvalue weighted by Crippen LogP contribution is -2.22. The maximum absolute atomic E-state index is 13.4. The molecule has 0 saturated heterocycles. The van der Waals surface area contributed by atoms with Crippen LogP contribution in [-0.2, 0) is 17.1 Å². The Hall–Kier alpha value is -2.01. The lowest BCUT2D eigenvalue weighted by molar-refractivity contribution is -0.120. The van der Waals surface area contributed by atoms with E-state index in [0.29, 0.717) is 30.0 Å². The van der Waals surface area contributed by atoms with Crippen LogP contribution in [0.5, 0.6) is 5.75 Å². The van der Waals surface area contributed by atoms with Crippen LogP contribution in [0.15, 0.2) is 48.5 Å². The van der Waals surface area contributed by atoms with Crippen LogP contribution in [-0.4, -0.2) is 18.8 Å². The number of hydrogen-bond acceptors (Lipinski definition) is 3. The average molecular weight is 333 g/mol. The summed E-state index contributed by atoms with van der Waals surface area (Å²) in [5.74, 6) is 1.86. The molecule has 23 heavy (non-hydrogen) atoms. The highest BCUT2D eigenvalue weighted by molar-refractivity contribution is 7.98. The number of thioether (sulfide) groups is 1. The third kappa shape index (κ3) is 5.94. The van der Waals surface area contributed by atoms with Crippen LogP contribution in [0.3, 0.4) is 0 Å². The van der Waals surface area contributed by atoms with Crippen LogP contribution < -0.4 is 10.1 Å². The SMILES string of the molecule is COc1ccc(CNC(=O)CCSCc2ccccc2F)cc1. The molecule has 0 saturated carbocycles. The van der Waals surface area contributed by atoms with Gasteiger partial charge in [-0.1, -0.05) is 30.3 Å². The van der Waals surface area contributed by atoms with Gasteiger partial charge in [-0.25, -0.2) is 4.39 Å². The fraction of sp³-hybridized carbons (Fsp3) is 0.278. The normalized spacial score (nSPS) is 10.3. The van der Waals surface area contributed by atoms with Gasteiger partial charge in [-0.2, -0.15) is 11.8 Å². The molecule has 0 bridgehead atoms. The van der Waals surface area contributed by atoms with Gasteiger partial charge in [-0.05, 0) is 29.3 Å². The predicted octanol–water partition coefficient (Wildman–Crippen LogP) is 3.77. The Bertz CT molecular complexity index is 631. The molecule has 2 rings (SSSR count). The molecule has 1 amide bonds. The van der Waals surface area contributed by atoms with Crippen molar-refractivity contribution in [3.8, 4) is 5.75 Å². The van der Waals surface area contributed by atoms with E-state index in [1.165, 1.54) is 6.07 Å². The molecule has 0 aliphatic rings. The van der Waals surface area contributed by atoms with Gasteiger partial charge in [-0.15, -0.1) is 0 Å². The van der Waals surface area contributed by atoms with Crippen molar-refractivity contribution >= 4 is 17.7 Å². The lowest BCUT2D eigenvalue weighted by Gasteiger charge is -2.07. The molecule has 5 heteroatoms. The number of ether oxygens (including phenoxy) is 1. The minimum Gasteiger partial charge on any atom is -0.497 e. The van der Waals surface area contributed by atoms with E-state index >= 15 is 0 Å². The molecule has 0 aliphatic heterocycles. The molecule has 0 fully saturated rings. The molecule has 0 atom stereocenters. The second kappa shape index (κ2) is 9.20. The van der Waals surface area contributed by atoms with Gasteiger partial charge in [0.25, 0.3) is 0 Å². The number of hydrogen-bond donors (Lipinski definition) is 1. The molecule has 2 aromatic rings. The van der Waals surface area contributed by atoms with Gasteiger partial charge in [0, 0.05) is 24.5 Å². The number of rotatable bonds is 8. The molecule has 0 heterocycles. The maximum atomic E-state index is 13.4. The summed E-state index contributed by atoms with van der Waals surface area (Å²) >= 11 is 1.56. The molecule has 0 radical (unpaired) electrons. The first-order chi connectivity index (χ1) is 11.2. The standard InChI is InChI=1S/C18H20FNO2S/c1-22-16-8-6-14(7-9-16)12-20-18(21)10-11-23-13-15-4-2-3-5-17(15)19/h2-9H,10-13H2,1H3,(H,20,21). The smallest absolute Gasteiger partial charge is 0.221 e. The summed E-state index contributed by atoms with van der Waals surface area (Å²) < 4.78 is 18.5. The van der Waals surface area contributed by atoms with Gasteiger partial charge in [0.15, 0.2) is 0 Å². The van der Waals surface area contributed by atoms with Crippen LogP contribution in [0.1, 0.15) is 17.5 Å². The van der Waals surface area contributed by atoms with Crippen molar-refractivity contribution in [1.29, 1.82) is 0 Å². The first-order valence-corrected chi connectivity index (χ1v) is 8.55. The van der Waals surface area contributed by atoms with Crippen molar-refractivity contribution in [3.63, 3.8) is 0 Å². The van der Waals surface area contributed by atoms with Gasteiger partial charge < -0.3 is 10.1 Å². The Morgan fingerprint density at radius 1 is 1.17 bits per heavy atom. The molecule has 0 aromatic heterocycles. The predicted molar refractivity (Wildman–Crippen MR) is 92.0 cm³/mol. The van der Waals surface area contributed by atoms with Crippen molar-refractivity contribution < 1.29 is 13.9 Å². The Balaban J connectivity index is 1.64. The van der Waals surface area contributed by atoms with Gasteiger partial charge in [0.05, 0.1) is 7.11 Å². The van der Waals surface area contributed by atoms with Gasteiger partial charge in [0.1, 0.15) is 11.6 Å².